The van der Waals surface area contributed by atoms with Crippen molar-refractivity contribution in [3.05, 3.63) is 68.2 Å². The summed E-state index contributed by atoms with van der Waals surface area (Å²) in [6.45, 7) is 3.83. The van der Waals surface area contributed by atoms with Crippen LogP contribution in [0.15, 0.2) is 36.4 Å². The SMILES string of the molecule is Cc1ccc(NC(=O)c2cccc([N+](=O)[O-])c2Cl)c(C)c1. The first-order chi connectivity index (χ1) is 9.90. The second-order valence-corrected chi connectivity index (χ2v) is 5.05. The van der Waals surface area contributed by atoms with Crippen LogP contribution in [0.1, 0.15) is 21.5 Å². The number of carbonyl (C=O) groups excluding carboxylic acids is 1. The van der Waals surface area contributed by atoms with E-state index < -0.39 is 10.8 Å². The number of nitrogens with zero attached hydrogens (tertiary/aromatic N) is 1. The number of nitro benzene ring substituents is 1. The number of rotatable bonds is 3. The fraction of sp³-hybridized carbons (Fsp3) is 0.133. The fourth-order valence-corrected chi connectivity index (χ4v) is 2.26. The number of benzene rings is 2. The van der Waals surface area contributed by atoms with Gasteiger partial charge in [0.05, 0.1) is 10.5 Å². The van der Waals surface area contributed by atoms with E-state index in [0.717, 1.165) is 11.1 Å². The number of hydrogen-bond donors (Lipinski definition) is 1. The Labute approximate surface area is 126 Å². The van der Waals surface area contributed by atoms with Gasteiger partial charge in [0.2, 0.25) is 0 Å². The molecule has 21 heavy (non-hydrogen) atoms. The molecule has 5 nitrogen and oxygen atoms in total. The Bertz CT molecular complexity index is 729. The van der Waals surface area contributed by atoms with Crippen molar-refractivity contribution in [2.75, 3.05) is 5.32 Å². The van der Waals surface area contributed by atoms with E-state index in [4.69, 9.17) is 11.6 Å². The number of hydrogen-bond acceptors (Lipinski definition) is 3. The van der Waals surface area contributed by atoms with E-state index in [2.05, 4.69) is 5.32 Å². The zero-order valence-electron chi connectivity index (χ0n) is 11.5. The molecule has 0 aliphatic heterocycles. The Kier molecular flexibility index (Phi) is 4.23. The van der Waals surface area contributed by atoms with Crippen molar-refractivity contribution < 1.29 is 9.72 Å². The highest BCUT2D eigenvalue weighted by atomic mass is 35.5. The third-order valence-corrected chi connectivity index (χ3v) is 3.45. The maximum Gasteiger partial charge on any atom is 0.288 e. The summed E-state index contributed by atoms with van der Waals surface area (Å²) in [6.07, 6.45) is 0. The molecular weight excluding hydrogens is 292 g/mol. The predicted molar refractivity (Wildman–Crippen MR) is 82.0 cm³/mol. The van der Waals surface area contributed by atoms with Crippen molar-refractivity contribution in [3.8, 4) is 0 Å². The molecule has 2 aromatic rings. The van der Waals surface area contributed by atoms with Gasteiger partial charge in [0, 0.05) is 11.8 Å². The van der Waals surface area contributed by atoms with E-state index in [9.17, 15) is 14.9 Å². The number of anilines is 1. The molecule has 0 saturated carbocycles. The Morgan fingerprint density at radius 1 is 1.24 bits per heavy atom. The molecule has 0 atom stereocenters. The molecule has 0 aliphatic carbocycles. The summed E-state index contributed by atoms with van der Waals surface area (Å²) < 4.78 is 0. The monoisotopic (exact) mass is 304 g/mol. The van der Waals surface area contributed by atoms with Gasteiger partial charge in [-0.15, -0.1) is 0 Å². The number of halogens is 1. The van der Waals surface area contributed by atoms with E-state index >= 15 is 0 Å². The number of carbonyl (C=O) groups is 1. The number of aryl methyl sites for hydroxylation is 2. The van der Waals surface area contributed by atoms with Gasteiger partial charge in [-0.05, 0) is 31.5 Å². The van der Waals surface area contributed by atoms with Crippen LogP contribution in [-0.2, 0) is 0 Å². The number of nitrogens with one attached hydrogen (secondary N) is 1. The predicted octanol–water partition coefficient (Wildman–Crippen LogP) is 4.12. The van der Waals surface area contributed by atoms with Crippen molar-refractivity contribution in [1.82, 2.24) is 0 Å². The molecule has 0 bridgehead atoms. The summed E-state index contributed by atoms with van der Waals surface area (Å²) in [6, 6.07) is 9.74. The molecule has 1 N–H and O–H groups in total. The first-order valence-corrected chi connectivity index (χ1v) is 6.59. The molecule has 0 spiro atoms. The van der Waals surface area contributed by atoms with Crippen LogP contribution in [-0.4, -0.2) is 10.8 Å². The summed E-state index contributed by atoms with van der Waals surface area (Å²) in [7, 11) is 0. The van der Waals surface area contributed by atoms with Gasteiger partial charge in [-0.2, -0.15) is 0 Å². The van der Waals surface area contributed by atoms with Crippen LogP contribution in [0, 0.1) is 24.0 Å². The van der Waals surface area contributed by atoms with Crippen LogP contribution in [0.4, 0.5) is 11.4 Å². The van der Waals surface area contributed by atoms with Gasteiger partial charge in [0.1, 0.15) is 5.02 Å². The Morgan fingerprint density at radius 2 is 1.95 bits per heavy atom. The van der Waals surface area contributed by atoms with E-state index in [-0.39, 0.29) is 16.3 Å². The van der Waals surface area contributed by atoms with Crippen LogP contribution in [0.2, 0.25) is 5.02 Å². The highest BCUT2D eigenvalue weighted by molar-refractivity contribution is 6.36. The van der Waals surface area contributed by atoms with Crippen molar-refractivity contribution in [2.24, 2.45) is 0 Å². The van der Waals surface area contributed by atoms with E-state index in [1.165, 1.54) is 18.2 Å². The highest BCUT2D eigenvalue weighted by Gasteiger charge is 2.20. The van der Waals surface area contributed by atoms with Crippen LogP contribution < -0.4 is 5.32 Å². The molecule has 0 radical (unpaired) electrons. The van der Waals surface area contributed by atoms with Gasteiger partial charge < -0.3 is 5.32 Å². The third-order valence-electron chi connectivity index (χ3n) is 3.05. The van der Waals surface area contributed by atoms with E-state index in [0.29, 0.717) is 5.69 Å². The lowest BCUT2D eigenvalue weighted by molar-refractivity contribution is -0.384. The summed E-state index contributed by atoms with van der Waals surface area (Å²) in [4.78, 5) is 22.4. The lowest BCUT2D eigenvalue weighted by Gasteiger charge is -2.10. The smallest absolute Gasteiger partial charge is 0.288 e. The summed E-state index contributed by atoms with van der Waals surface area (Å²) in [5.41, 5.74) is 2.42. The maximum absolute atomic E-state index is 12.2. The van der Waals surface area contributed by atoms with Crippen molar-refractivity contribution in [1.29, 1.82) is 0 Å². The molecule has 0 saturated heterocycles. The molecular formula is C15H13ClN2O3. The molecule has 0 heterocycles. The average Bonchev–Trinajstić information content (AvgIpc) is 2.41. The second-order valence-electron chi connectivity index (χ2n) is 4.67. The van der Waals surface area contributed by atoms with Gasteiger partial charge in [0.15, 0.2) is 0 Å². The molecule has 0 unspecified atom stereocenters. The molecule has 0 fully saturated rings. The minimum Gasteiger partial charge on any atom is -0.322 e. The van der Waals surface area contributed by atoms with Gasteiger partial charge in [0.25, 0.3) is 11.6 Å². The van der Waals surface area contributed by atoms with Crippen molar-refractivity contribution in [2.45, 2.75) is 13.8 Å². The molecule has 2 rings (SSSR count). The summed E-state index contributed by atoms with van der Waals surface area (Å²) in [5, 5.41) is 13.4. The number of nitro groups is 1. The molecule has 0 aliphatic rings. The molecule has 108 valence electrons. The van der Waals surface area contributed by atoms with E-state index in [1.807, 2.05) is 26.0 Å². The largest absolute Gasteiger partial charge is 0.322 e. The second kappa shape index (κ2) is 5.93. The van der Waals surface area contributed by atoms with Crippen LogP contribution >= 0.6 is 11.6 Å². The standard InChI is InChI=1S/C15H13ClN2O3/c1-9-6-7-12(10(2)8-9)17-15(19)11-4-3-5-13(14(11)16)18(20)21/h3-8H,1-2H3,(H,17,19). The first kappa shape index (κ1) is 15.0. The first-order valence-electron chi connectivity index (χ1n) is 6.21. The van der Waals surface area contributed by atoms with Gasteiger partial charge in [-0.25, -0.2) is 0 Å². The van der Waals surface area contributed by atoms with Crippen molar-refractivity contribution in [3.63, 3.8) is 0 Å². The molecule has 2 aromatic carbocycles. The normalized spacial score (nSPS) is 10.2. The quantitative estimate of drug-likeness (QED) is 0.685. The fourth-order valence-electron chi connectivity index (χ4n) is 1.98. The Hall–Kier alpha value is -2.40. The molecule has 1 amide bonds. The minimum atomic E-state index is -0.615. The van der Waals surface area contributed by atoms with Gasteiger partial charge in [-0.3, -0.25) is 14.9 Å². The zero-order chi connectivity index (χ0) is 15.6. The van der Waals surface area contributed by atoms with E-state index in [1.54, 1.807) is 6.07 Å². The van der Waals surface area contributed by atoms with Gasteiger partial charge >= 0.3 is 0 Å². The topological polar surface area (TPSA) is 72.2 Å². The lowest BCUT2D eigenvalue weighted by atomic mass is 10.1. The average molecular weight is 305 g/mol. The zero-order valence-corrected chi connectivity index (χ0v) is 12.3. The Balaban J connectivity index is 2.33. The van der Waals surface area contributed by atoms with Crippen LogP contribution in [0.3, 0.4) is 0 Å². The van der Waals surface area contributed by atoms with Gasteiger partial charge in [-0.1, -0.05) is 35.4 Å². The number of amides is 1. The van der Waals surface area contributed by atoms with Crippen LogP contribution in [0.5, 0.6) is 0 Å². The highest BCUT2D eigenvalue weighted by Crippen LogP contribution is 2.28. The molecule has 0 aromatic heterocycles. The minimum absolute atomic E-state index is 0.0749. The maximum atomic E-state index is 12.2. The lowest BCUT2D eigenvalue weighted by Crippen LogP contribution is -2.13. The Morgan fingerprint density at radius 3 is 2.57 bits per heavy atom. The summed E-state index contributed by atoms with van der Waals surface area (Å²) in [5.74, 6) is -0.476. The molecule has 6 heteroatoms. The van der Waals surface area contributed by atoms with Crippen molar-refractivity contribution >= 4 is 28.9 Å². The third kappa shape index (κ3) is 3.20. The summed E-state index contributed by atoms with van der Waals surface area (Å²) >= 11 is 5.93. The van der Waals surface area contributed by atoms with Crippen LogP contribution in [0.25, 0.3) is 0 Å².